The van der Waals surface area contributed by atoms with E-state index in [0.717, 1.165) is 5.56 Å². The third kappa shape index (κ3) is 2.56. The smallest absolute Gasteiger partial charge is 0.249 e. The first-order chi connectivity index (χ1) is 13.6. The summed E-state index contributed by atoms with van der Waals surface area (Å²) in [4.78, 5) is 14.1. The van der Waals surface area contributed by atoms with Gasteiger partial charge >= 0.3 is 0 Å². The van der Waals surface area contributed by atoms with Crippen molar-refractivity contribution in [3.05, 3.63) is 90.4 Å². The third-order valence-electron chi connectivity index (χ3n) is 6.00. The van der Waals surface area contributed by atoms with Crippen LogP contribution < -0.4 is 5.32 Å². The lowest BCUT2D eigenvalue weighted by atomic mass is 9.85. The lowest BCUT2D eigenvalue weighted by Crippen LogP contribution is -2.46. The topological polar surface area (TPSA) is 37.3 Å². The van der Waals surface area contributed by atoms with E-state index in [9.17, 15) is 4.79 Å². The van der Waals surface area contributed by atoms with E-state index in [1.54, 1.807) is 4.90 Å². The minimum absolute atomic E-state index is 0.0797. The molecule has 4 nitrogen and oxygen atoms in total. The van der Waals surface area contributed by atoms with Gasteiger partial charge in [-0.15, -0.1) is 0 Å². The van der Waals surface area contributed by atoms with Crippen LogP contribution in [0.2, 0.25) is 0 Å². The summed E-state index contributed by atoms with van der Waals surface area (Å²) in [5.74, 6) is 0.192. The highest BCUT2D eigenvalue weighted by molar-refractivity contribution is 5.93. The van der Waals surface area contributed by atoms with Crippen molar-refractivity contribution in [3.63, 3.8) is 0 Å². The number of nitrogens with one attached hydrogen (secondary N) is 1. The second kappa shape index (κ2) is 6.41. The van der Waals surface area contributed by atoms with Crippen molar-refractivity contribution in [3.8, 4) is 0 Å². The van der Waals surface area contributed by atoms with E-state index >= 15 is 0 Å². The molecule has 2 aliphatic heterocycles. The molecule has 3 heterocycles. The Hall–Kier alpha value is -3.27. The number of rotatable bonds is 3. The molecule has 1 N–H and O–H groups in total. The molecule has 3 unspecified atom stereocenters. The summed E-state index contributed by atoms with van der Waals surface area (Å²) < 4.78 is 2.33. The minimum Gasteiger partial charge on any atom is -0.379 e. The number of hydrogen-bond donors (Lipinski definition) is 1. The number of amides is 1. The Labute approximate surface area is 164 Å². The normalized spacial score (nSPS) is 22.1. The molecular weight excluding hydrogens is 346 g/mol. The standard InChI is InChI=1S/C24H23N3O/c1-16(17-6-4-3-5-7-17)27-13-11-18-8-9-19(14-22(18)27)21-15-26(2)24(28)23-20(21)10-12-25-23/h3-16,20,23,25H,1-2H3. The van der Waals surface area contributed by atoms with Crippen molar-refractivity contribution >= 4 is 22.4 Å². The maximum absolute atomic E-state index is 12.4. The molecule has 1 amide bonds. The van der Waals surface area contributed by atoms with E-state index in [-0.39, 0.29) is 23.9 Å². The molecule has 5 rings (SSSR count). The monoisotopic (exact) mass is 369 g/mol. The van der Waals surface area contributed by atoms with E-state index in [4.69, 9.17) is 0 Å². The zero-order valence-electron chi connectivity index (χ0n) is 16.0. The first-order valence-electron chi connectivity index (χ1n) is 9.70. The highest BCUT2D eigenvalue weighted by atomic mass is 16.2. The quantitative estimate of drug-likeness (QED) is 0.753. The second-order valence-corrected chi connectivity index (χ2v) is 7.65. The number of fused-ring (bicyclic) bond motifs is 2. The van der Waals surface area contributed by atoms with Gasteiger partial charge in [0, 0.05) is 30.9 Å². The largest absolute Gasteiger partial charge is 0.379 e. The molecule has 1 aromatic heterocycles. The van der Waals surface area contributed by atoms with Gasteiger partial charge in [0.05, 0.1) is 6.04 Å². The van der Waals surface area contributed by atoms with E-state index in [0.29, 0.717) is 0 Å². The first-order valence-corrected chi connectivity index (χ1v) is 9.70. The molecule has 0 fully saturated rings. The molecule has 0 saturated heterocycles. The van der Waals surface area contributed by atoms with Crippen LogP contribution in [-0.2, 0) is 4.79 Å². The van der Waals surface area contributed by atoms with Gasteiger partial charge in [-0.3, -0.25) is 4.79 Å². The van der Waals surface area contributed by atoms with Crippen molar-refractivity contribution in [2.24, 2.45) is 5.92 Å². The van der Waals surface area contributed by atoms with Crippen LogP contribution in [0.3, 0.4) is 0 Å². The summed E-state index contributed by atoms with van der Waals surface area (Å²) in [5.41, 5.74) is 4.84. The van der Waals surface area contributed by atoms with Crippen LogP contribution in [0.5, 0.6) is 0 Å². The minimum atomic E-state index is -0.198. The zero-order chi connectivity index (χ0) is 19.3. The van der Waals surface area contributed by atoms with Gasteiger partial charge in [0.2, 0.25) is 5.91 Å². The highest BCUT2D eigenvalue weighted by Crippen LogP contribution is 2.36. The molecule has 2 aliphatic rings. The molecule has 4 heteroatoms. The van der Waals surface area contributed by atoms with Gasteiger partial charge < -0.3 is 14.8 Å². The van der Waals surface area contributed by atoms with Crippen LogP contribution in [0.4, 0.5) is 0 Å². The lowest BCUT2D eigenvalue weighted by molar-refractivity contribution is -0.130. The number of carbonyl (C=O) groups is 1. The molecule has 0 radical (unpaired) electrons. The van der Waals surface area contributed by atoms with Crippen molar-refractivity contribution in [1.29, 1.82) is 0 Å². The van der Waals surface area contributed by atoms with Crippen LogP contribution in [0.1, 0.15) is 24.1 Å². The van der Waals surface area contributed by atoms with Gasteiger partial charge in [0.15, 0.2) is 0 Å². The number of aromatic nitrogens is 1. The predicted molar refractivity (Wildman–Crippen MR) is 112 cm³/mol. The predicted octanol–water partition coefficient (Wildman–Crippen LogP) is 4.17. The summed E-state index contributed by atoms with van der Waals surface area (Å²) in [5, 5.41) is 4.43. The molecule has 28 heavy (non-hydrogen) atoms. The van der Waals surface area contributed by atoms with Gasteiger partial charge in [0.25, 0.3) is 0 Å². The van der Waals surface area contributed by atoms with E-state index in [2.05, 4.69) is 83.7 Å². The van der Waals surface area contributed by atoms with Crippen LogP contribution in [0.25, 0.3) is 16.5 Å². The number of likely N-dealkylation sites (N-methyl/N-ethyl adjacent to an activating group) is 1. The maximum atomic E-state index is 12.4. The third-order valence-corrected chi connectivity index (χ3v) is 6.00. The first kappa shape index (κ1) is 16.9. The molecule has 3 aromatic rings. The Kier molecular flexibility index (Phi) is 3.86. The summed E-state index contributed by atoms with van der Waals surface area (Å²) >= 11 is 0. The van der Waals surface area contributed by atoms with Crippen molar-refractivity contribution in [2.45, 2.75) is 19.0 Å². The Morgan fingerprint density at radius 3 is 2.71 bits per heavy atom. The number of hydrogen-bond acceptors (Lipinski definition) is 2. The van der Waals surface area contributed by atoms with Crippen molar-refractivity contribution < 1.29 is 4.79 Å². The Morgan fingerprint density at radius 2 is 1.89 bits per heavy atom. The van der Waals surface area contributed by atoms with Gasteiger partial charge in [0.1, 0.15) is 6.04 Å². The molecule has 0 spiro atoms. The SMILES string of the molecule is CC(c1ccccc1)n1ccc2ccc(C3=CN(C)C(=O)C4NC=CC34)cc21. The summed E-state index contributed by atoms with van der Waals surface area (Å²) in [6.07, 6.45) is 8.14. The number of nitrogens with zero attached hydrogens (tertiary/aromatic N) is 2. The molecular formula is C24H23N3O. The van der Waals surface area contributed by atoms with E-state index in [1.165, 1.54) is 22.0 Å². The highest BCUT2D eigenvalue weighted by Gasteiger charge is 2.37. The molecule has 140 valence electrons. The zero-order valence-corrected chi connectivity index (χ0v) is 16.0. The van der Waals surface area contributed by atoms with Gasteiger partial charge in [-0.1, -0.05) is 48.5 Å². The molecule has 0 bridgehead atoms. The van der Waals surface area contributed by atoms with Crippen molar-refractivity contribution in [1.82, 2.24) is 14.8 Å². The summed E-state index contributed by atoms with van der Waals surface area (Å²) in [6, 6.07) is 19.4. The average molecular weight is 369 g/mol. The van der Waals surface area contributed by atoms with Gasteiger partial charge in [-0.2, -0.15) is 0 Å². The number of carbonyl (C=O) groups excluding carboxylic acids is 1. The fourth-order valence-electron chi connectivity index (χ4n) is 4.39. The fraction of sp³-hybridized carbons (Fsp3) is 0.208. The summed E-state index contributed by atoms with van der Waals surface area (Å²) in [6.45, 7) is 2.23. The Morgan fingerprint density at radius 1 is 1.07 bits per heavy atom. The van der Waals surface area contributed by atoms with E-state index in [1.807, 2.05) is 19.4 Å². The van der Waals surface area contributed by atoms with E-state index < -0.39 is 0 Å². The maximum Gasteiger partial charge on any atom is 0.249 e. The van der Waals surface area contributed by atoms with Crippen LogP contribution in [0, 0.1) is 5.92 Å². The lowest BCUT2D eigenvalue weighted by Gasteiger charge is -2.31. The van der Waals surface area contributed by atoms with Crippen molar-refractivity contribution in [2.75, 3.05) is 7.05 Å². The molecule has 2 aromatic carbocycles. The fourth-order valence-corrected chi connectivity index (χ4v) is 4.39. The van der Waals surface area contributed by atoms with Crippen LogP contribution in [-0.4, -0.2) is 28.5 Å². The van der Waals surface area contributed by atoms with Crippen LogP contribution >= 0.6 is 0 Å². The molecule has 0 aliphatic carbocycles. The Bertz CT molecular complexity index is 1110. The second-order valence-electron chi connectivity index (χ2n) is 7.65. The Balaban J connectivity index is 1.60. The molecule has 0 saturated carbocycles. The average Bonchev–Trinajstić information content (AvgIpc) is 3.38. The van der Waals surface area contributed by atoms with Gasteiger partial charge in [-0.05, 0) is 47.3 Å². The summed E-state index contributed by atoms with van der Waals surface area (Å²) in [7, 11) is 1.83. The van der Waals surface area contributed by atoms with Crippen LogP contribution in [0.15, 0.2) is 79.3 Å². The molecule has 3 atom stereocenters. The number of benzene rings is 2. The van der Waals surface area contributed by atoms with Gasteiger partial charge in [-0.25, -0.2) is 0 Å².